The minimum absolute atomic E-state index is 0.00656. The van der Waals surface area contributed by atoms with Gasteiger partial charge in [-0.2, -0.15) is 0 Å². The Morgan fingerprint density at radius 1 is 0.967 bits per heavy atom. The number of hydrogen-bond donors (Lipinski definition) is 0. The number of oxazole rings is 1. The van der Waals surface area contributed by atoms with Crippen LogP contribution in [0.4, 0.5) is 0 Å². The third kappa shape index (κ3) is 4.58. The Hall–Kier alpha value is -2.63. The maximum atomic E-state index is 12.8. The molecule has 2 amide bonds. The van der Waals surface area contributed by atoms with Crippen molar-refractivity contribution in [3.63, 3.8) is 0 Å². The number of carbonyl (C=O) groups excluding carboxylic acids is 2. The Bertz CT molecular complexity index is 889. The molecule has 0 atom stereocenters. The van der Waals surface area contributed by atoms with Gasteiger partial charge < -0.3 is 14.2 Å². The van der Waals surface area contributed by atoms with Crippen molar-refractivity contribution in [3.8, 4) is 0 Å². The summed E-state index contributed by atoms with van der Waals surface area (Å²) in [7, 11) is 0. The summed E-state index contributed by atoms with van der Waals surface area (Å²) < 4.78 is 5.91. The summed E-state index contributed by atoms with van der Waals surface area (Å²) in [5.41, 5.74) is 2.72. The highest BCUT2D eigenvalue weighted by atomic mass is 16.4. The summed E-state index contributed by atoms with van der Waals surface area (Å²) in [5, 5.41) is 0. The van der Waals surface area contributed by atoms with Crippen molar-refractivity contribution in [3.05, 3.63) is 52.7 Å². The minimum Gasteiger partial charge on any atom is -0.445 e. The highest BCUT2D eigenvalue weighted by molar-refractivity contribution is 5.93. The maximum Gasteiger partial charge on any atom is 0.276 e. The Labute approximate surface area is 178 Å². The fourth-order valence-corrected chi connectivity index (χ4v) is 4.40. The molecule has 2 fully saturated rings. The van der Waals surface area contributed by atoms with E-state index in [0.717, 1.165) is 44.3 Å². The van der Waals surface area contributed by atoms with Gasteiger partial charge in [-0.05, 0) is 51.5 Å². The van der Waals surface area contributed by atoms with Crippen LogP contribution in [0.3, 0.4) is 0 Å². The number of aryl methyl sites for hydroxylation is 2. The van der Waals surface area contributed by atoms with Crippen molar-refractivity contribution < 1.29 is 14.0 Å². The lowest BCUT2D eigenvalue weighted by atomic mass is 9.96. The molecule has 6 nitrogen and oxygen atoms in total. The molecule has 0 saturated carbocycles. The average molecular weight is 410 g/mol. The largest absolute Gasteiger partial charge is 0.445 e. The lowest BCUT2D eigenvalue weighted by molar-refractivity contribution is -0.131. The van der Waals surface area contributed by atoms with Gasteiger partial charge in [0.15, 0.2) is 11.6 Å². The van der Waals surface area contributed by atoms with Crippen LogP contribution >= 0.6 is 0 Å². The van der Waals surface area contributed by atoms with Gasteiger partial charge in [0, 0.05) is 32.1 Å². The van der Waals surface area contributed by atoms with E-state index in [0.29, 0.717) is 36.9 Å². The van der Waals surface area contributed by atoms with E-state index < -0.39 is 0 Å². The molecule has 0 unspecified atom stereocenters. The Kier molecular flexibility index (Phi) is 6.21. The van der Waals surface area contributed by atoms with Crippen molar-refractivity contribution >= 4 is 11.8 Å². The van der Waals surface area contributed by atoms with E-state index in [4.69, 9.17) is 4.42 Å². The van der Waals surface area contributed by atoms with Gasteiger partial charge in [0.2, 0.25) is 5.91 Å². The quantitative estimate of drug-likeness (QED) is 0.769. The van der Waals surface area contributed by atoms with Crippen LogP contribution in [0.5, 0.6) is 0 Å². The first-order chi connectivity index (χ1) is 14.5. The van der Waals surface area contributed by atoms with Crippen LogP contribution in [0, 0.1) is 13.8 Å². The first-order valence-electron chi connectivity index (χ1n) is 11.1. The summed E-state index contributed by atoms with van der Waals surface area (Å²) >= 11 is 0. The van der Waals surface area contributed by atoms with E-state index >= 15 is 0 Å². The number of piperidine rings is 2. The molecule has 0 bridgehead atoms. The molecule has 0 aliphatic carbocycles. The van der Waals surface area contributed by atoms with Gasteiger partial charge in [-0.3, -0.25) is 9.59 Å². The predicted molar refractivity (Wildman–Crippen MR) is 114 cm³/mol. The maximum absolute atomic E-state index is 12.8. The second kappa shape index (κ2) is 9.02. The smallest absolute Gasteiger partial charge is 0.276 e. The van der Waals surface area contributed by atoms with Crippen LogP contribution in [-0.2, 0) is 11.2 Å². The second-order valence-corrected chi connectivity index (χ2v) is 8.63. The van der Waals surface area contributed by atoms with Crippen LogP contribution in [-0.4, -0.2) is 52.8 Å². The lowest BCUT2D eigenvalue weighted by Crippen LogP contribution is -2.39. The fraction of sp³-hybridized carbons (Fsp3) is 0.542. The van der Waals surface area contributed by atoms with Crippen molar-refractivity contribution in [2.24, 2.45) is 0 Å². The number of likely N-dealkylation sites (tertiary alicyclic amines) is 2. The number of benzene rings is 1. The van der Waals surface area contributed by atoms with Crippen molar-refractivity contribution in [2.45, 2.75) is 58.3 Å². The van der Waals surface area contributed by atoms with Gasteiger partial charge >= 0.3 is 0 Å². The zero-order valence-corrected chi connectivity index (χ0v) is 18.0. The molecule has 3 heterocycles. The van der Waals surface area contributed by atoms with E-state index in [2.05, 4.69) is 4.98 Å². The van der Waals surface area contributed by atoms with Crippen LogP contribution < -0.4 is 0 Å². The molecule has 0 N–H and O–H groups in total. The Morgan fingerprint density at radius 2 is 1.63 bits per heavy atom. The zero-order chi connectivity index (χ0) is 21.1. The van der Waals surface area contributed by atoms with Gasteiger partial charge in [-0.15, -0.1) is 0 Å². The number of hydrogen-bond acceptors (Lipinski definition) is 4. The predicted octanol–water partition coefficient (Wildman–Crippen LogP) is 3.87. The summed E-state index contributed by atoms with van der Waals surface area (Å²) in [6.45, 7) is 6.89. The molecule has 1 aromatic heterocycles. The monoisotopic (exact) mass is 409 g/mol. The normalized spacial score (nSPS) is 17.9. The van der Waals surface area contributed by atoms with Crippen molar-refractivity contribution in [1.82, 2.24) is 14.8 Å². The molecule has 2 aromatic rings. The number of amides is 2. The first kappa shape index (κ1) is 20.6. The summed E-state index contributed by atoms with van der Waals surface area (Å²) in [4.78, 5) is 33.9. The third-order valence-corrected chi connectivity index (χ3v) is 6.33. The van der Waals surface area contributed by atoms with Crippen LogP contribution in [0.2, 0.25) is 0 Å². The number of nitrogens with zero attached hydrogens (tertiary/aromatic N) is 3. The number of aromatic nitrogens is 1. The molecule has 0 spiro atoms. The van der Waals surface area contributed by atoms with Gasteiger partial charge in [0.05, 0.1) is 6.42 Å². The van der Waals surface area contributed by atoms with E-state index in [1.807, 2.05) is 47.9 Å². The molecule has 2 aliphatic heterocycles. The second-order valence-electron chi connectivity index (χ2n) is 8.63. The number of carbonyl (C=O) groups is 2. The molecule has 2 saturated heterocycles. The number of rotatable bonds is 4. The van der Waals surface area contributed by atoms with Gasteiger partial charge in [-0.25, -0.2) is 4.98 Å². The fourth-order valence-electron chi connectivity index (χ4n) is 4.40. The molecular formula is C24H31N3O3. The van der Waals surface area contributed by atoms with E-state index in [9.17, 15) is 9.59 Å². The van der Waals surface area contributed by atoms with Gasteiger partial charge in [-0.1, -0.05) is 29.8 Å². The first-order valence-corrected chi connectivity index (χ1v) is 11.1. The summed E-state index contributed by atoms with van der Waals surface area (Å²) in [6.07, 6.45) is 5.38. The SMILES string of the molecule is Cc1ccc(CC(=O)N2CCC(c3nc(C(=O)N4CCCCC4)c(C)o3)CC2)cc1. The molecule has 0 radical (unpaired) electrons. The van der Waals surface area contributed by atoms with Crippen LogP contribution in [0.15, 0.2) is 28.7 Å². The Morgan fingerprint density at radius 3 is 2.30 bits per heavy atom. The van der Waals surface area contributed by atoms with Gasteiger partial charge in [0.25, 0.3) is 5.91 Å². The highest BCUT2D eigenvalue weighted by Crippen LogP contribution is 2.29. The van der Waals surface area contributed by atoms with Crippen molar-refractivity contribution in [1.29, 1.82) is 0 Å². The molecule has 1 aromatic carbocycles. The van der Waals surface area contributed by atoms with Crippen LogP contribution in [0.25, 0.3) is 0 Å². The average Bonchev–Trinajstić information content (AvgIpc) is 3.17. The molecule has 6 heteroatoms. The molecule has 30 heavy (non-hydrogen) atoms. The highest BCUT2D eigenvalue weighted by Gasteiger charge is 2.30. The third-order valence-electron chi connectivity index (χ3n) is 6.33. The zero-order valence-electron chi connectivity index (χ0n) is 18.0. The van der Waals surface area contributed by atoms with Crippen molar-refractivity contribution in [2.75, 3.05) is 26.2 Å². The topological polar surface area (TPSA) is 66.7 Å². The van der Waals surface area contributed by atoms with E-state index in [-0.39, 0.29) is 17.7 Å². The molecule has 2 aliphatic rings. The molecular weight excluding hydrogens is 378 g/mol. The van der Waals surface area contributed by atoms with Gasteiger partial charge in [0.1, 0.15) is 5.76 Å². The lowest BCUT2D eigenvalue weighted by Gasteiger charge is -2.30. The van der Waals surface area contributed by atoms with E-state index in [1.165, 1.54) is 12.0 Å². The Balaban J connectivity index is 1.34. The molecule has 4 rings (SSSR count). The molecule has 160 valence electrons. The van der Waals surface area contributed by atoms with E-state index in [1.54, 1.807) is 0 Å². The standard InChI is InChI=1S/C24H31N3O3/c1-17-6-8-19(9-7-17)16-21(28)26-14-10-20(11-15-26)23-25-22(18(2)30-23)24(29)27-12-4-3-5-13-27/h6-9,20H,3-5,10-16H2,1-2H3. The van der Waals surface area contributed by atoms with Crippen LogP contribution in [0.1, 0.15) is 71.3 Å². The minimum atomic E-state index is -0.00656. The summed E-state index contributed by atoms with van der Waals surface area (Å²) in [6, 6.07) is 8.14. The summed E-state index contributed by atoms with van der Waals surface area (Å²) in [5.74, 6) is 1.58.